The Bertz CT molecular complexity index is 3220. The molecular formula is C55H35FN2O2. The monoisotopic (exact) mass is 774 g/mol. The summed E-state index contributed by atoms with van der Waals surface area (Å²) in [5.41, 5.74) is 13.7. The van der Waals surface area contributed by atoms with Gasteiger partial charge in [-0.25, -0.2) is 4.39 Å². The summed E-state index contributed by atoms with van der Waals surface area (Å²) >= 11 is 0. The number of benzene rings is 9. The zero-order chi connectivity index (χ0) is 39.8. The van der Waals surface area contributed by atoms with Crippen LogP contribution in [-0.4, -0.2) is 0 Å². The second-order valence-electron chi connectivity index (χ2n) is 15.3. The van der Waals surface area contributed by atoms with Crippen LogP contribution in [-0.2, 0) is 5.41 Å². The highest BCUT2D eigenvalue weighted by atomic mass is 19.1. The van der Waals surface area contributed by atoms with Gasteiger partial charge in [-0.2, -0.15) is 0 Å². The van der Waals surface area contributed by atoms with Gasteiger partial charge >= 0.3 is 0 Å². The molecule has 60 heavy (non-hydrogen) atoms. The lowest BCUT2D eigenvalue weighted by molar-refractivity contribution is 0.436. The fourth-order valence-electron chi connectivity index (χ4n) is 9.76. The molecule has 0 atom stereocenters. The molecule has 0 N–H and O–H groups in total. The molecule has 0 bridgehead atoms. The molecule has 5 heteroatoms. The van der Waals surface area contributed by atoms with Crippen LogP contribution in [0, 0.1) is 5.82 Å². The molecule has 10 aromatic rings. The normalized spacial score (nSPS) is 13.0. The molecule has 0 unspecified atom stereocenters. The molecule has 0 amide bonds. The average Bonchev–Trinajstić information content (AvgIpc) is 3.83. The van der Waals surface area contributed by atoms with Gasteiger partial charge in [0.2, 0.25) is 0 Å². The number of furan rings is 1. The van der Waals surface area contributed by atoms with Crippen LogP contribution >= 0.6 is 0 Å². The van der Waals surface area contributed by atoms with Gasteiger partial charge in [-0.1, -0.05) is 121 Å². The van der Waals surface area contributed by atoms with E-state index in [2.05, 4.69) is 174 Å². The average molecular weight is 775 g/mol. The summed E-state index contributed by atoms with van der Waals surface area (Å²) in [4.78, 5) is 4.50. The fraction of sp³-hybridized carbons (Fsp3) is 0.0182. The van der Waals surface area contributed by atoms with Crippen LogP contribution in [0.3, 0.4) is 0 Å². The standard InChI is InChI=1S/C55H35FN2O2/c56-36-29-31-39(32-30-36)57(37-15-3-1-4-16-37)40-33-34-50-43(35-40)41-20-13-26-49(54(41)60-50)58(38-17-5-2-6-18-38)48-25-14-24-47-53(48)42-19-7-8-21-44(42)55(47)45-22-9-11-27-51(45)59-52-28-12-10-23-46(52)55/h1-35H. The van der Waals surface area contributed by atoms with E-state index in [0.717, 1.165) is 84.3 Å². The molecule has 1 spiro atoms. The van der Waals surface area contributed by atoms with Crippen LogP contribution in [0.25, 0.3) is 33.1 Å². The summed E-state index contributed by atoms with van der Waals surface area (Å²) in [5.74, 6) is 1.45. The van der Waals surface area contributed by atoms with Gasteiger partial charge in [-0.3, -0.25) is 0 Å². The van der Waals surface area contributed by atoms with Crippen molar-refractivity contribution in [1.29, 1.82) is 0 Å². The molecule has 2 heterocycles. The Morgan fingerprint density at radius 1 is 0.400 bits per heavy atom. The number of ether oxygens (including phenoxy) is 1. The van der Waals surface area contributed by atoms with Gasteiger partial charge in [-0.15, -0.1) is 0 Å². The van der Waals surface area contributed by atoms with Crippen LogP contribution in [0.5, 0.6) is 11.5 Å². The van der Waals surface area contributed by atoms with Gasteiger partial charge in [0, 0.05) is 50.2 Å². The van der Waals surface area contributed by atoms with Crippen molar-refractivity contribution in [2.24, 2.45) is 0 Å². The number of hydrogen-bond acceptors (Lipinski definition) is 4. The van der Waals surface area contributed by atoms with Gasteiger partial charge in [0.1, 0.15) is 22.9 Å². The van der Waals surface area contributed by atoms with E-state index in [-0.39, 0.29) is 5.82 Å². The summed E-state index contributed by atoms with van der Waals surface area (Å²) in [7, 11) is 0. The quantitative estimate of drug-likeness (QED) is 0.168. The predicted molar refractivity (Wildman–Crippen MR) is 240 cm³/mol. The van der Waals surface area contributed by atoms with Crippen molar-refractivity contribution in [1.82, 2.24) is 0 Å². The first-order chi connectivity index (χ1) is 29.7. The maximum Gasteiger partial charge on any atom is 0.159 e. The maximum atomic E-state index is 14.2. The third kappa shape index (κ3) is 4.96. The number of anilines is 6. The maximum absolute atomic E-state index is 14.2. The van der Waals surface area contributed by atoms with E-state index in [1.807, 2.05) is 36.4 Å². The summed E-state index contributed by atoms with van der Waals surface area (Å²) in [6.45, 7) is 0. The van der Waals surface area contributed by atoms with E-state index in [1.54, 1.807) is 0 Å². The van der Waals surface area contributed by atoms with Crippen molar-refractivity contribution in [2.45, 2.75) is 5.41 Å². The van der Waals surface area contributed by atoms with E-state index in [0.29, 0.717) is 0 Å². The molecule has 12 rings (SSSR count). The molecule has 0 saturated carbocycles. The molecule has 284 valence electrons. The van der Waals surface area contributed by atoms with E-state index < -0.39 is 5.41 Å². The Labute approximate surface area is 346 Å². The number of fused-ring (bicyclic) bond motifs is 12. The molecule has 0 fully saturated rings. The van der Waals surface area contributed by atoms with Gasteiger partial charge in [-0.05, 0) is 108 Å². The first kappa shape index (κ1) is 34.2. The Morgan fingerprint density at radius 3 is 1.67 bits per heavy atom. The van der Waals surface area contributed by atoms with Crippen LogP contribution in [0.4, 0.5) is 38.5 Å². The first-order valence-electron chi connectivity index (χ1n) is 20.2. The zero-order valence-corrected chi connectivity index (χ0v) is 32.3. The summed E-state index contributed by atoms with van der Waals surface area (Å²) < 4.78 is 27.7. The minimum absolute atomic E-state index is 0.274. The fourth-order valence-corrected chi connectivity index (χ4v) is 9.76. The van der Waals surface area contributed by atoms with Crippen LogP contribution < -0.4 is 14.5 Å². The second kappa shape index (κ2) is 13.3. The number of halogens is 1. The highest BCUT2D eigenvalue weighted by Crippen LogP contribution is 2.64. The molecule has 2 aliphatic rings. The Kier molecular flexibility index (Phi) is 7.59. The lowest BCUT2D eigenvalue weighted by Crippen LogP contribution is -2.32. The van der Waals surface area contributed by atoms with Gasteiger partial charge in [0.25, 0.3) is 0 Å². The molecule has 9 aromatic carbocycles. The highest BCUT2D eigenvalue weighted by Gasteiger charge is 2.52. The number of nitrogens with zero attached hydrogens (tertiary/aromatic N) is 2. The van der Waals surface area contributed by atoms with Crippen molar-refractivity contribution < 1.29 is 13.5 Å². The lowest BCUT2D eigenvalue weighted by Gasteiger charge is -2.39. The highest BCUT2D eigenvalue weighted by molar-refractivity contribution is 6.12. The molecule has 1 aromatic heterocycles. The van der Waals surface area contributed by atoms with E-state index >= 15 is 0 Å². The van der Waals surface area contributed by atoms with Crippen molar-refractivity contribution in [3.05, 3.63) is 240 Å². The molecule has 0 radical (unpaired) electrons. The minimum Gasteiger partial charge on any atom is -0.457 e. The third-order valence-electron chi connectivity index (χ3n) is 12.2. The number of hydrogen-bond donors (Lipinski definition) is 0. The predicted octanol–water partition coefficient (Wildman–Crippen LogP) is 15.1. The van der Waals surface area contributed by atoms with Crippen LogP contribution in [0.2, 0.25) is 0 Å². The first-order valence-corrected chi connectivity index (χ1v) is 20.2. The Hall–Kier alpha value is -7.89. The molecule has 4 nitrogen and oxygen atoms in total. The Morgan fingerprint density at radius 2 is 0.950 bits per heavy atom. The minimum atomic E-state index is -0.605. The molecule has 1 aliphatic carbocycles. The summed E-state index contributed by atoms with van der Waals surface area (Å²) in [6, 6.07) is 72.6. The van der Waals surface area contributed by atoms with Crippen molar-refractivity contribution >= 4 is 56.1 Å². The van der Waals surface area contributed by atoms with E-state index in [1.165, 1.54) is 28.8 Å². The second-order valence-corrected chi connectivity index (χ2v) is 15.3. The van der Waals surface area contributed by atoms with Crippen LogP contribution in [0.15, 0.2) is 217 Å². The van der Waals surface area contributed by atoms with Crippen molar-refractivity contribution in [3.63, 3.8) is 0 Å². The number of para-hydroxylation sites is 5. The molecular weight excluding hydrogens is 740 g/mol. The van der Waals surface area contributed by atoms with Crippen molar-refractivity contribution in [3.8, 4) is 22.6 Å². The van der Waals surface area contributed by atoms with Gasteiger partial charge in [0.05, 0.1) is 16.8 Å². The smallest absolute Gasteiger partial charge is 0.159 e. The summed E-state index contributed by atoms with van der Waals surface area (Å²) in [6.07, 6.45) is 0. The van der Waals surface area contributed by atoms with Crippen molar-refractivity contribution in [2.75, 3.05) is 9.80 Å². The van der Waals surface area contributed by atoms with Gasteiger partial charge in [0.15, 0.2) is 5.58 Å². The third-order valence-corrected chi connectivity index (χ3v) is 12.2. The molecule has 0 saturated heterocycles. The van der Waals surface area contributed by atoms with E-state index in [4.69, 9.17) is 9.15 Å². The SMILES string of the molecule is Fc1ccc(N(c2ccccc2)c2ccc3oc4c(N(c5ccccc5)c5cccc6c5-c5ccccc5C65c6ccccc6Oc6ccccc65)cccc4c3c2)cc1. The van der Waals surface area contributed by atoms with Crippen LogP contribution in [0.1, 0.15) is 22.3 Å². The largest absolute Gasteiger partial charge is 0.457 e. The lowest BCUT2D eigenvalue weighted by atomic mass is 9.66. The summed E-state index contributed by atoms with van der Waals surface area (Å²) in [5, 5.41) is 1.98. The topological polar surface area (TPSA) is 28.9 Å². The van der Waals surface area contributed by atoms with E-state index in [9.17, 15) is 4.39 Å². The zero-order valence-electron chi connectivity index (χ0n) is 32.3. The Balaban J connectivity index is 1.10. The van der Waals surface area contributed by atoms with Gasteiger partial charge < -0.3 is 19.0 Å². The molecule has 1 aliphatic heterocycles. The number of rotatable bonds is 6.